The lowest BCUT2D eigenvalue weighted by Crippen LogP contribution is -2.00. The van der Waals surface area contributed by atoms with Gasteiger partial charge < -0.3 is 10.2 Å². The lowest BCUT2D eigenvalue weighted by Gasteiger charge is -2.14. The molecule has 1 unspecified atom stereocenters. The number of aliphatic carboxylic acids is 2. The highest BCUT2D eigenvalue weighted by Gasteiger charge is 2.06. The van der Waals surface area contributed by atoms with E-state index in [4.69, 9.17) is 10.2 Å². The zero-order valence-corrected chi connectivity index (χ0v) is 15.6. The average Bonchev–Trinajstić information content (AvgIpc) is 2.53. The van der Waals surface area contributed by atoms with Crippen LogP contribution < -0.4 is 0 Å². The van der Waals surface area contributed by atoms with Crippen LogP contribution >= 0.6 is 0 Å². The normalized spacial score (nSPS) is 12.2. The zero-order valence-electron chi connectivity index (χ0n) is 15.6. The Balaban J connectivity index is 3.34. The van der Waals surface area contributed by atoms with E-state index in [-0.39, 0.29) is 0 Å². The van der Waals surface area contributed by atoms with E-state index in [9.17, 15) is 9.59 Å². The van der Waals surface area contributed by atoms with Crippen molar-refractivity contribution < 1.29 is 19.8 Å². The third-order valence-corrected chi connectivity index (χ3v) is 4.83. The van der Waals surface area contributed by atoms with Crippen LogP contribution in [0.25, 0.3) is 0 Å². The van der Waals surface area contributed by atoms with Gasteiger partial charge in [-0.05, 0) is 18.8 Å². The average molecular weight is 343 g/mol. The highest BCUT2D eigenvalue weighted by molar-refractivity contribution is 5.66. The topological polar surface area (TPSA) is 74.6 Å². The Kier molecular flexibility index (Phi) is 16.0. The molecule has 0 bridgehead atoms. The Morgan fingerprint density at radius 1 is 0.625 bits per heavy atom. The van der Waals surface area contributed by atoms with Crippen molar-refractivity contribution in [3.05, 3.63) is 0 Å². The summed E-state index contributed by atoms with van der Waals surface area (Å²) in [6.45, 7) is 2.26. The maximum absolute atomic E-state index is 10.5. The SMILES string of the molecule is CCC(CCCCCCCCCCC(=O)O)CCCCCC(=O)O. The molecule has 0 aromatic heterocycles. The van der Waals surface area contributed by atoms with Crippen LogP contribution in [0.3, 0.4) is 0 Å². The lowest BCUT2D eigenvalue weighted by atomic mass is 9.92. The lowest BCUT2D eigenvalue weighted by molar-refractivity contribution is -0.138. The van der Waals surface area contributed by atoms with Crippen LogP contribution in [0.5, 0.6) is 0 Å². The molecule has 0 spiro atoms. The number of hydrogen-bond donors (Lipinski definition) is 2. The summed E-state index contributed by atoms with van der Waals surface area (Å²) in [6.07, 6.45) is 16.9. The van der Waals surface area contributed by atoms with Crippen LogP contribution in [0.15, 0.2) is 0 Å². The van der Waals surface area contributed by atoms with Gasteiger partial charge in [-0.25, -0.2) is 0 Å². The molecule has 0 aliphatic rings. The fourth-order valence-corrected chi connectivity index (χ4v) is 3.21. The molecule has 0 radical (unpaired) electrons. The van der Waals surface area contributed by atoms with Gasteiger partial charge in [0.1, 0.15) is 0 Å². The smallest absolute Gasteiger partial charge is 0.303 e. The summed E-state index contributed by atoms with van der Waals surface area (Å²) in [5.74, 6) is -0.544. The monoisotopic (exact) mass is 342 g/mol. The maximum atomic E-state index is 10.5. The van der Waals surface area contributed by atoms with Gasteiger partial charge in [0.2, 0.25) is 0 Å². The van der Waals surface area contributed by atoms with E-state index >= 15 is 0 Å². The van der Waals surface area contributed by atoms with E-state index in [1.54, 1.807) is 0 Å². The molecule has 4 nitrogen and oxygen atoms in total. The van der Waals surface area contributed by atoms with E-state index in [2.05, 4.69) is 6.92 Å². The van der Waals surface area contributed by atoms with Crippen molar-refractivity contribution in [2.75, 3.05) is 0 Å². The third-order valence-electron chi connectivity index (χ3n) is 4.83. The molecule has 24 heavy (non-hydrogen) atoms. The van der Waals surface area contributed by atoms with E-state index in [1.165, 1.54) is 64.2 Å². The molecule has 0 amide bonds. The van der Waals surface area contributed by atoms with Crippen LogP contribution in [-0.2, 0) is 9.59 Å². The first-order chi connectivity index (χ1) is 11.6. The fourth-order valence-electron chi connectivity index (χ4n) is 3.21. The van der Waals surface area contributed by atoms with Gasteiger partial charge in [-0.15, -0.1) is 0 Å². The largest absolute Gasteiger partial charge is 0.481 e. The van der Waals surface area contributed by atoms with Crippen LogP contribution in [0.2, 0.25) is 0 Å². The summed E-state index contributed by atoms with van der Waals surface area (Å²) < 4.78 is 0. The zero-order chi connectivity index (χ0) is 18.0. The molecule has 0 saturated heterocycles. The minimum absolute atomic E-state index is 0.313. The van der Waals surface area contributed by atoms with Gasteiger partial charge in [0.05, 0.1) is 0 Å². The van der Waals surface area contributed by atoms with Crippen molar-refractivity contribution in [3.8, 4) is 0 Å². The van der Waals surface area contributed by atoms with Crippen molar-refractivity contribution in [2.45, 2.75) is 110 Å². The van der Waals surface area contributed by atoms with Crippen molar-refractivity contribution in [1.29, 1.82) is 0 Å². The third kappa shape index (κ3) is 17.3. The summed E-state index contributed by atoms with van der Waals surface area (Å²) in [4.78, 5) is 20.8. The molecule has 0 fully saturated rings. The molecule has 0 heterocycles. The van der Waals surface area contributed by atoms with Gasteiger partial charge in [-0.2, -0.15) is 0 Å². The second-order valence-corrected chi connectivity index (χ2v) is 7.03. The standard InChI is InChI=1S/C20H38O4/c1-2-18(15-11-9-13-17-20(23)24)14-10-7-5-3-4-6-8-12-16-19(21)22/h18H,2-17H2,1H3,(H,21,22)(H,23,24). The number of hydrogen-bond acceptors (Lipinski definition) is 2. The summed E-state index contributed by atoms with van der Waals surface area (Å²) in [5.41, 5.74) is 0. The first-order valence-electron chi connectivity index (χ1n) is 9.99. The molecular weight excluding hydrogens is 304 g/mol. The van der Waals surface area contributed by atoms with Crippen molar-refractivity contribution >= 4 is 11.9 Å². The second kappa shape index (κ2) is 16.8. The van der Waals surface area contributed by atoms with Gasteiger partial charge in [-0.1, -0.05) is 84.0 Å². The van der Waals surface area contributed by atoms with E-state index in [0.717, 1.165) is 31.6 Å². The van der Waals surface area contributed by atoms with Gasteiger partial charge in [-0.3, -0.25) is 9.59 Å². The number of carboxylic acids is 2. The van der Waals surface area contributed by atoms with E-state index in [0.29, 0.717) is 12.8 Å². The molecule has 0 rings (SSSR count). The molecular formula is C20H38O4. The Labute approximate surface area is 148 Å². The summed E-state index contributed by atoms with van der Waals surface area (Å²) in [5, 5.41) is 17.2. The Morgan fingerprint density at radius 2 is 0.958 bits per heavy atom. The maximum Gasteiger partial charge on any atom is 0.303 e. The predicted octanol–water partition coefficient (Wildman–Crippen LogP) is 6.03. The summed E-state index contributed by atoms with van der Waals surface area (Å²) >= 11 is 0. The van der Waals surface area contributed by atoms with Crippen molar-refractivity contribution in [1.82, 2.24) is 0 Å². The Bertz CT molecular complexity index is 315. The minimum Gasteiger partial charge on any atom is -0.481 e. The molecule has 142 valence electrons. The van der Waals surface area contributed by atoms with Gasteiger partial charge in [0.15, 0.2) is 0 Å². The first-order valence-corrected chi connectivity index (χ1v) is 9.99. The number of carbonyl (C=O) groups is 2. The first kappa shape index (κ1) is 22.9. The van der Waals surface area contributed by atoms with Crippen molar-refractivity contribution in [3.63, 3.8) is 0 Å². The van der Waals surface area contributed by atoms with Crippen molar-refractivity contribution in [2.24, 2.45) is 5.92 Å². The van der Waals surface area contributed by atoms with Crippen LogP contribution in [-0.4, -0.2) is 22.2 Å². The Morgan fingerprint density at radius 3 is 1.33 bits per heavy atom. The molecule has 1 atom stereocenters. The summed E-state index contributed by atoms with van der Waals surface area (Å²) in [7, 11) is 0. The minimum atomic E-state index is -0.678. The van der Waals surface area contributed by atoms with Gasteiger partial charge in [0, 0.05) is 12.8 Å². The quantitative estimate of drug-likeness (QED) is 0.298. The van der Waals surface area contributed by atoms with Gasteiger partial charge >= 0.3 is 11.9 Å². The van der Waals surface area contributed by atoms with Gasteiger partial charge in [0.25, 0.3) is 0 Å². The molecule has 4 heteroatoms. The highest BCUT2D eigenvalue weighted by Crippen LogP contribution is 2.21. The molecule has 0 aromatic rings. The van der Waals surface area contributed by atoms with Crippen LogP contribution in [0.4, 0.5) is 0 Å². The van der Waals surface area contributed by atoms with E-state index in [1.807, 2.05) is 0 Å². The molecule has 0 aliphatic heterocycles. The molecule has 0 saturated carbocycles. The Hall–Kier alpha value is -1.06. The number of rotatable bonds is 18. The second-order valence-electron chi connectivity index (χ2n) is 7.03. The molecule has 0 aromatic carbocycles. The predicted molar refractivity (Wildman–Crippen MR) is 98.3 cm³/mol. The number of carboxylic acid groups (broad SMARTS) is 2. The fraction of sp³-hybridized carbons (Fsp3) is 0.900. The molecule has 0 aliphatic carbocycles. The van der Waals surface area contributed by atoms with E-state index < -0.39 is 11.9 Å². The number of unbranched alkanes of at least 4 members (excludes halogenated alkanes) is 9. The molecule has 2 N–H and O–H groups in total. The van der Waals surface area contributed by atoms with Crippen LogP contribution in [0, 0.1) is 5.92 Å². The highest BCUT2D eigenvalue weighted by atomic mass is 16.4. The van der Waals surface area contributed by atoms with Crippen LogP contribution in [0.1, 0.15) is 110 Å². The summed E-state index contributed by atoms with van der Waals surface area (Å²) in [6, 6.07) is 0.